The highest BCUT2D eigenvalue weighted by molar-refractivity contribution is 5.80. The van der Waals surface area contributed by atoms with E-state index < -0.39 is 17.2 Å². The van der Waals surface area contributed by atoms with Gasteiger partial charge >= 0.3 is 0 Å². The molecule has 0 unspecified atom stereocenters. The Labute approximate surface area is 164 Å². The summed E-state index contributed by atoms with van der Waals surface area (Å²) in [6.07, 6.45) is 10.3. The van der Waals surface area contributed by atoms with Crippen LogP contribution in [0.15, 0.2) is 45.5 Å². The molecule has 2 aliphatic rings. The summed E-state index contributed by atoms with van der Waals surface area (Å²) in [7, 11) is 0. The second-order valence-corrected chi connectivity index (χ2v) is 9.14. The normalized spacial score (nSPS) is 27.9. The molecule has 5 nitrogen and oxygen atoms in total. The standard InChI is InChI=1S/C23H26N2O3/c1-6-23(5,28)18-14-17-21(2,3)12-9-13-22(17,4)25-20(27)16-11-8-7-10-15(16)19(26)24(18)25/h1,7-8,10-11,14,18,28H,9,12-13H2,2-5H3/t18-,22-,23+/m0/s1. The van der Waals surface area contributed by atoms with Gasteiger partial charge in [0, 0.05) is 0 Å². The van der Waals surface area contributed by atoms with E-state index in [1.54, 1.807) is 28.9 Å². The molecule has 1 fully saturated rings. The SMILES string of the molecule is C#C[C@@](C)(O)[C@@H]1C=C2C(C)(C)CCC[C@]2(C)n2c(=O)c3ccccc3c(=O)n21. The first-order valence-electron chi connectivity index (χ1n) is 9.74. The van der Waals surface area contributed by atoms with Gasteiger partial charge < -0.3 is 5.11 Å². The second-order valence-electron chi connectivity index (χ2n) is 9.14. The first-order valence-corrected chi connectivity index (χ1v) is 9.74. The first-order chi connectivity index (χ1) is 13.0. The molecule has 1 saturated carbocycles. The van der Waals surface area contributed by atoms with Gasteiger partial charge in [0.1, 0.15) is 11.6 Å². The fourth-order valence-corrected chi connectivity index (χ4v) is 5.21. The van der Waals surface area contributed by atoms with E-state index in [1.807, 2.05) is 13.0 Å². The summed E-state index contributed by atoms with van der Waals surface area (Å²) in [4.78, 5) is 27.1. The topological polar surface area (TPSA) is 64.2 Å². The number of aliphatic hydroxyl groups is 1. The molecule has 0 saturated heterocycles. The summed E-state index contributed by atoms with van der Waals surface area (Å²) in [5.41, 5.74) is -1.88. The van der Waals surface area contributed by atoms with Gasteiger partial charge in [0.2, 0.25) is 0 Å². The number of nitrogens with zero attached hydrogens (tertiary/aromatic N) is 2. The van der Waals surface area contributed by atoms with Gasteiger partial charge in [0.15, 0.2) is 0 Å². The third kappa shape index (κ3) is 2.31. The van der Waals surface area contributed by atoms with Gasteiger partial charge in [-0.15, -0.1) is 6.42 Å². The highest BCUT2D eigenvalue weighted by atomic mass is 16.3. The van der Waals surface area contributed by atoms with E-state index in [-0.39, 0.29) is 16.5 Å². The molecule has 146 valence electrons. The molecule has 0 radical (unpaired) electrons. The molecule has 0 amide bonds. The van der Waals surface area contributed by atoms with E-state index in [0.29, 0.717) is 10.8 Å². The molecule has 4 rings (SSSR count). The van der Waals surface area contributed by atoms with Crippen molar-refractivity contribution >= 4 is 10.8 Å². The number of terminal acetylenes is 1. The van der Waals surface area contributed by atoms with Crippen LogP contribution in [0, 0.1) is 17.8 Å². The predicted molar refractivity (Wildman–Crippen MR) is 110 cm³/mol. The molecule has 1 aromatic carbocycles. The second kappa shape index (κ2) is 5.71. The van der Waals surface area contributed by atoms with E-state index in [9.17, 15) is 14.7 Å². The molecule has 2 aromatic rings. The highest BCUT2D eigenvalue weighted by Crippen LogP contribution is 2.52. The molecular weight excluding hydrogens is 352 g/mol. The van der Waals surface area contributed by atoms with Crippen LogP contribution in [0.2, 0.25) is 0 Å². The van der Waals surface area contributed by atoms with Crippen LogP contribution in [0.25, 0.3) is 10.8 Å². The number of allylic oxidation sites excluding steroid dienone is 1. The Bertz CT molecular complexity index is 1170. The summed E-state index contributed by atoms with van der Waals surface area (Å²) in [6, 6.07) is 6.04. The zero-order valence-electron chi connectivity index (χ0n) is 16.8. The van der Waals surface area contributed by atoms with E-state index >= 15 is 0 Å². The quantitative estimate of drug-likeness (QED) is 0.613. The van der Waals surface area contributed by atoms with Crippen molar-refractivity contribution in [2.75, 3.05) is 0 Å². The number of aromatic nitrogens is 2. The van der Waals surface area contributed by atoms with Gasteiger partial charge in [-0.25, -0.2) is 9.36 Å². The molecule has 1 aliphatic carbocycles. The van der Waals surface area contributed by atoms with Crippen molar-refractivity contribution in [3.63, 3.8) is 0 Å². The van der Waals surface area contributed by atoms with Gasteiger partial charge in [-0.3, -0.25) is 9.59 Å². The minimum atomic E-state index is -1.61. The lowest BCUT2D eigenvalue weighted by molar-refractivity contribution is 0.0392. The van der Waals surface area contributed by atoms with E-state index in [4.69, 9.17) is 6.42 Å². The third-order valence-corrected chi connectivity index (χ3v) is 6.70. The molecule has 3 atom stereocenters. The molecule has 28 heavy (non-hydrogen) atoms. The van der Waals surface area contributed by atoms with E-state index in [2.05, 4.69) is 19.8 Å². The Hall–Kier alpha value is -2.58. The summed E-state index contributed by atoms with van der Waals surface area (Å²) in [5, 5.41) is 11.7. The van der Waals surface area contributed by atoms with Crippen LogP contribution in [0.1, 0.15) is 53.0 Å². The summed E-state index contributed by atoms with van der Waals surface area (Å²) >= 11 is 0. The molecular formula is C23H26N2O3. The van der Waals surface area contributed by atoms with Gasteiger partial charge in [0.25, 0.3) is 11.1 Å². The van der Waals surface area contributed by atoms with E-state index in [1.165, 1.54) is 11.6 Å². The molecule has 0 bridgehead atoms. The lowest BCUT2D eigenvalue weighted by Crippen LogP contribution is -2.59. The average Bonchev–Trinajstić information content (AvgIpc) is 2.64. The summed E-state index contributed by atoms with van der Waals surface area (Å²) in [5.74, 6) is 2.42. The van der Waals surface area contributed by atoms with Crippen molar-refractivity contribution in [1.29, 1.82) is 0 Å². The molecule has 0 spiro atoms. The average molecular weight is 378 g/mol. The van der Waals surface area contributed by atoms with Crippen LogP contribution in [0.3, 0.4) is 0 Å². The number of fused-ring (bicyclic) bond motifs is 4. The van der Waals surface area contributed by atoms with Gasteiger partial charge in [-0.2, -0.15) is 0 Å². The van der Waals surface area contributed by atoms with Crippen molar-refractivity contribution in [1.82, 2.24) is 9.36 Å². The minimum absolute atomic E-state index is 0.164. The van der Waals surface area contributed by atoms with Crippen LogP contribution in [0.5, 0.6) is 0 Å². The Morgan fingerprint density at radius 3 is 2.36 bits per heavy atom. The number of rotatable bonds is 1. The van der Waals surface area contributed by atoms with Crippen molar-refractivity contribution in [2.45, 2.75) is 64.1 Å². The largest absolute Gasteiger partial charge is 0.375 e. The fourth-order valence-electron chi connectivity index (χ4n) is 5.21. The van der Waals surface area contributed by atoms with Gasteiger partial charge in [-0.05, 0) is 56.2 Å². The van der Waals surface area contributed by atoms with Crippen molar-refractivity contribution < 1.29 is 5.11 Å². The lowest BCUT2D eigenvalue weighted by atomic mass is 9.63. The van der Waals surface area contributed by atoms with Crippen LogP contribution < -0.4 is 11.1 Å². The lowest BCUT2D eigenvalue weighted by Gasteiger charge is -2.52. The van der Waals surface area contributed by atoms with Gasteiger partial charge in [-0.1, -0.05) is 38.0 Å². The van der Waals surface area contributed by atoms with Crippen LogP contribution in [-0.2, 0) is 5.54 Å². The van der Waals surface area contributed by atoms with E-state index in [0.717, 1.165) is 24.8 Å². The Kier molecular flexibility index (Phi) is 3.83. The maximum atomic E-state index is 13.6. The minimum Gasteiger partial charge on any atom is -0.375 e. The number of hydrogen-bond donors (Lipinski definition) is 1. The zero-order valence-corrected chi connectivity index (χ0v) is 16.8. The monoisotopic (exact) mass is 378 g/mol. The Morgan fingerprint density at radius 1 is 1.14 bits per heavy atom. The third-order valence-electron chi connectivity index (χ3n) is 6.70. The summed E-state index contributed by atoms with van der Waals surface area (Å²) < 4.78 is 2.97. The summed E-state index contributed by atoms with van der Waals surface area (Å²) in [6.45, 7) is 7.84. The maximum absolute atomic E-state index is 13.6. The highest BCUT2D eigenvalue weighted by Gasteiger charge is 2.50. The molecule has 1 aromatic heterocycles. The molecule has 5 heteroatoms. The Morgan fingerprint density at radius 2 is 1.75 bits per heavy atom. The molecule has 1 aliphatic heterocycles. The predicted octanol–water partition coefficient (Wildman–Crippen LogP) is 2.95. The van der Waals surface area contributed by atoms with Crippen molar-refractivity contribution in [3.05, 3.63) is 56.6 Å². The van der Waals surface area contributed by atoms with Crippen molar-refractivity contribution in [2.24, 2.45) is 5.41 Å². The van der Waals surface area contributed by atoms with Crippen LogP contribution in [0.4, 0.5) is 0 Å². The fraction of sp³-hybridized carbons (Fsp3) is 0.478. The molecule has 2 heterocycles. The molecule has 1 N–H and O–H groups in total. The van der Waals surface area contributed by atoms with Gasteiger partial charge in [0.05, 0.1) is 16.3 Å². The van der Waals surface area contributed by atoms with Crippen LogP contribution in [-0.4, -0.2) is 20.1 Å². The zero-order chi connectivity index (χ0) is 20.5. The maximum Gasteiger partial charge on any atom is 0.274 e. The van der Waals surface area contributed by atoms with Crippen molar-refractivity contribution in [3.8, 4) is 12.3 Å². The van der Waals surface area contributed by atoms with Crippen LogP contribution >= 0.6 is 0 Å². The number of benzene rings is 1. The number of hydrogen-bond acceptors (Lipinski definition) is 3. The first kappa shape index (κ1) is 18.8. The smallest absolute Gasteiger partial charge is 0.274 e. The Balaban J connectivity index is 2.22.